The molecule has 2 rings (SSSR count). The standard InChI is InChI=1S/C12H23N3OS/c1-11-9-14(7-8-17-11)10-12(16)15-5-2-3-13-4-6-15/h11,13H,2-10H2,1H3. The number of hydrogen-bond acceptors (Lipinski definition) is 4. The largest absolute Gasteiger partial charge is 0.340 e. The van der Waals surface area contributed by atoms with Gasteiger partial charge in [-0.05, 0) is 13.0 Å². The molecule has 2 fully saturated rings. The molecule has 2 aliphatic rings. The smallest absolute Gasteiger partial charge is 0.236 e. The highest BCUT2D eigenvalue weighted by Gasteiger charge is 2.22. The van der Waals surface area contributed by atoms with Crippen molar-refractivity contribution in [2.24, 2.45) is 0 Å². The molecule has 0 saturated carbocycles. The van der Waals surface area contributed by atoms with E-state index in [-0.39, 0.29) is 0 Å². The molecule has 2 saturated heterocycles. The molecule has 17 heavy (non-hydrogen) atoms. The Morgan fingerprint density at radius 2 is 2.24 bits per heavy atom. The predicted octanol–water partition coefficient (Wildman–Crippen LogP) is 0.246. The first-order valence-electron chi connectivity index (χ1n) is 6.58. The van der Waals surface area contributed by atoms with Crippen LogP contribution in [0.2, 0.25) is 0 Å². The second kappa shape index (κ2) is 6.61. The third kappa shape index (κ3) is 4.16. The molecule has 0 aromatic rings. The number of rotatable bonds is 2. The molecular formula is C12H23N3OS. The summed E-state index contributed by atoms with van der Waals surface area (Å²) in [4.78, 5) is 16.5. The van der Waals surface area contributed by atoms with Crippen molar-refractivity contribution in [1.82, 2.24) is 15.1 Å². The number of amides is 1. The summed E-state index contributed by atoms with van der Waals surface area (Å²) < 4.78 is 0. The number of nitrogens with zero attached hydrogens (tertiary/aromatic N) is 2. The average Bonchev–Trinajstić information content (AvgIpc) is 2.57. The van der Waals surface area contributed by atoms with Crippen molar-refractivity contribution in [3.8, 4) is 0 Å². The van der Waals surface area contributed by atoms with Crippen LogP contribution < -0.4 is 5.32 Å². The lowest BCUT2D eigenvalue weighted by Gasteiger charge is -2.31. The molecule has 0 aromatic carbocycles. The predicted molar refractivity (Wildman–Crippen MR) is 72.4 cm³/mol. The summed E-state index contributed by atoms with van der Waals surface area (Å²) >= 11 is 2.01. The molecule has 0 radical (unpaired) electrons. The van der Waals surface area contributed by atoms with E-state index in [1.54, 1.807) is 0 Å². The first kappa shape index (κ1) is 13.2. The molecule has 1 N–H and O–H groups in total. The van der Waals surface area contributed by atoms with Crippen molar-refractivity contribution in [3.63, 3.8) is 0 Å². The zero-order chi connectivity index (χ0) is 12.1. The summed E-state index contributed by atoms with van der Waals surface area (Å²) in [6, 6.07) is 0. The quantitative estimate of drug-likeness (QED) is 0.769. The highest BCUT2D eigenvalue weighted by Crippen LogP contribution is 2.17. The molecule has 1 amide bonds. The van der Waals surface area contributed by atoms with Gasteiger partial charge in [0.1, 0.15) is 0 Å². The van der Waals surface area contributed by atoms with Crippen LogP contribution >= 0.6 is 11.8 Å². The van der Waals surface area contributed by atoms with Crippen LogP contribution in [0.4, 0.5) is 0 Å². The fourth-order valence-electron chi connectivity index (χ4n) is 2.42. The van der Waals surface area contributed by atoms with Crippen LogP contribution in [0, 0.1) is 0 Å². The molecule has 0 bridgehead atoms. The monoisotopic (exact) mass is 257 g/mol. The molecule has 2 heterocycles. The molecule has 98 valence electrons. The lowest BCUT2D eigenvalue weighted by Crippen LogP contribution is -2.45. The normalized spacial score (nSPS) is 27.8. The van der Waals surface area contributed by atoms with Crippen molar-refractivity contribution in [2.75, 3.05) is 51.6 Å². The Morgan fingerprint density at radius 1 is 1.35 bits per heavy atom. The van der Waals surface area contributed by atoms with E-state index in [0.717, 1.165) is 51.4 Å². The van der Waals surface area contributed by atoms with E-state index in [9.17, 15) is 4.79 Å². The van der Waals surface area contributed by atoms with Gasteiger partial charge in [0, 0.05) is 43.7 Å². The third-order valence-corrected chi connectivity index (χ3v) is 4.51. The minimum Gasteiger partial charge on any atom is -0.340 e. The van der Waals surface area contributed by atoms with Crippen LogP contribution in [0.15, 0.2) is 0 Å². The fourth-order valence-corrected chi connectivity index (χ4v) is 3.50. The zero-order valence-corrected chi connectivity index (χ0v) is 11.5. The summed E-state index contributed by atoms with van der Waals surface area (Å²) in [5.41, 5.74) is 0. The van der Waals surface area contributed by atoms with Gasteiger partial charge in [-0.3, -0.25) is 9.69 Å². The number of hydrogen-bond donors (Lipinski definition) is 1. The van der Waals surface area contributed by atoms with Crippen LogP contribution in [0.5, 0.6) is 0 Å². The van der Waals surface area contributed by atoms with Crippen LogP contribution in [-0.4, -0.2) is 72.5 Å². The van der Waals surface area contributed by atoms with Gasteiger partial charge in [-0.25, -0.2) is 0 Å². The Morgan fingerprint density at radius 3 is 3.06 bits per heavy atom. The maximum Gasteiger partial charge on any atom is 0.236 e. The van der Waals surface area contributed by atoms with E-state index in [2.05, 4.69) is 17.1 Å². The van der Waals surface area contributed by atoms with Crippen LogP contribution in [0.1, 0.15) is 13.3 Å². The van der Waals surface area contributed by atoms with Crippen LogP contribution in [0.25, 0.3) is 0 Å². The molecule has 2 aliphatic heterocycles. The third-order valence-electron chi connectivity index (χ3n) is 3.38. The van der Waals surface area contributed by atoms with Gasteiger partial charge in [0.15, 0.2) is 0 Å². The average molecular weight is 257 g/mol. The SMILES string of the molecule is CC1CN(CC(=O)N2CCCNCC2)CCS1. The summed E-state index contributed by atoms with van der Waals surface area (Å²) in [6.45, 7) is 8.76. The molecule has 5 heteroatoms. The van der Waals surface area contributed by atoms with Crippen molar-refractivity contribution in [2.45, 2.75) is 18.6 Å². The summed E-state index contributed by atoms with van der Waals surface area (Å²) in [5, 5.41) is 4.00. The molecule has 1 atom stereocenters. The van der Waals surface area contributed by atoms with Gasteiger partial charge >= 0.3 is 0 Å². The van der Waals surface area contributed by atoms with E-state index < -0.39 is 0 Å². The second-order valence-corrected chi connectivity index (χ2v) is 6.45. The Labute approximate surface area is 108 Å². The summed E-state index contributed by atoms with van der Waals surface area (Å²) in [5.74, 6) is 1.48. The Bertz CT molecular complexity index is 254. The molecule has 0 spiro atoms. The lowest BCUT2D eigenvalue weighted by molar-refractivity contribution is -0.132. The highest BCUT2D eigenvalue weighted by molar-refractivity contribution is 7.99. The first-order valence-corrected chi connectivity index (χ1v) is 7.63. The Kier molecular flexibility index (Phi) is 5.13. The fraction of sp³-hybridized carbons (Fsp3) is 0.917. The van der Waals surface area contributed by atoms with E-state index in [1.165, 1.54) is 0 Å². The summed E-state index contributed by atoms with van der Waals surface area (Å²) in [7, 11) is 0. The van der Waals surface area contributed by atoms with Gasteiger partial charge in [0.25, 0.3) is 0 Å². The number of nitrogens with one attached hydrogen (secondary N) is 1. The van der Waals surface area contributed by atoms with Crippen molar-refractivity contribution in [1.29, 1.82) is 0 Å². The number of carbonyl (C=O) groups excluding carboxylic acids is 1. The maximum absolute atomic E-state index is 12.2. The molecule has 4 nitrogen and oxygen atoms in total. The maximum atomic E-state index is 12.2. The van der Waals surface area contributed by atoms with Crippen LogP contribution in [-0.2, 0) is 4.79 Å². The minimum absolute atomic E-state index is 0.313. The van der Waals surface area contributed by atoms with E-state index in [1.807, 2.05) is 16.7 Å². The van der Waals surface area contributed by atoms with Gasteiger partial charge in [-0.2, -0.15) is 11.8 Å². The Balaban J connectivity index is 1.78. The van der Waals surface area contributed by atoms with Gasteiger partial charge in [-0.15, -0.1) is 0 Å². The number of thioether (sulfide) groups is 1. The van der Waals surface area contributed by atoms with E-state index in [0.29, 0.717) is 17.7 Å². The van der Waals surface area contributed by atoms with Gasteiger partial charge < -0.3 is 10.2 Å². The number of carbonyl (C=O) groups is 1. The molecule has 0 aromatic heterocycles. The van der Waals surface area contributed by atoms with Crippen molar-refractivity contribution >= 4 is 17.7 Å². The first-order chi connectivity index (χ1) is 8.25. The topological polar surface area (TPSA) is 35.6 Å². The lowest BCUT2D eigenvalue weighted by atomic mass is 10.3. The molecule has 1 unspecified atom stereocenters. The summed E-state index contributed by atoms with van der Waals surface area (Å²) in [6.07, 6.45) is 1.08. The van der Waals surface area contributed by atoms with Gasteiger partial charge in [0.05, 0.1) is 6.54 Å². The molecule has 0 aliphatic carbocycles. The zero-order valence-electron chi connectivity index (χ0n) is 10.7. The Hall–Kier alpha value is -0.260. The highest BCUT2D eigenvalue weighted by atomic mass is 32.2. The van der Waals surface area contributed by atoms with Crippen LogP contribution in [0.3, 0.4) is 0 Å². The van der Waals surface area contributed by atoms with E-state index in [4.69, 9.17) is 0 Å². The van der Waals surface area contributed by atoms with Gasteiger partial charge in [0.2, 0.25) is 5.91 Å². The molecular weight excluding hydrogens is 234 g/mol. The second-order valence-electron chi connectivity index (χ2n) is 4.90. The van der Waals surface area contributed by atoms with Gasteiger partial charge in [-0.1, -0.05) is 6.92 Å². The van der Waals surface area contributed by atoms with E-state index >= 15 is 0 Å². The van der Waals surface area contributed by atoms with Crippen molar-refractivity contribution in [3.05, 3.63) is 0 Å². The minimum atomic E-state index is 0.313. The van der Waals surface area contributed by atoms with Crippen molar-refractivity contribution < 1.29 is 4.79 Å².